The van der Waals surface area contributed by atoms with Gasteiger partial charge in [-0.2, -0.15) is 0 Å². The highest BCUT2D eigenvalue weighted by molar-refractivity contribution is 5.85. The van der Waals surface area contributed by atoms with Gasteiger partial charge in [-0.25, -0.2) is 4.79 Å². The minimum absolute atomic E-state index is 0. The SMILES string of the molecule is CNCC1CN(C(=O)NC)C1.Cl.Cl. The molecule has 1 saturated heterocycles. The van der Waals surface area contributed by atoms with Crippen molar-refractivity contribution in [3.05, 3.63) is 0 Å². The van der Waals surface area contributed by atoms with E-state index in [4.69, 9.17) is 0 Å². The van der Waals surface area contributed by atoms with Crippen LogP contribution in [0.5, 0.6) is 0 Å². The van der Waals surface area contributed by atoms with Gasteiger partial charge in [0.2, 0.25) is 0 Å². The van der Waals surface area contributed by atoms with Crippen molar-refractivity contribution in [1.29, 1.82) is 0 Å². The van der Waals surface area contributed by atoms with E-state index in [9.17, 15) is 4.79 Å². The van der Waals surface area contributed by atoms with E-state index < -0.39 is 0 Å². The third-order valence-corrected chi connectivity index (χ3v) is 1.95. The fourth-order valence-electron chi connectivity index (χ4n) is 1.31. The maximum atomic E-state index is 10.9. The fraction of sp³-hybridized carbons (Fsp3) is 0.857. The Labute approximate surface area is 91.3 Å². The van der Waals surface area contributed by atoms with Crippen molar-refractivity contribution in [2.24, 2.45) is 5.92 Å². The molecule has 0 aromatic heterocycles. The Morgan fingerprint density at radius 3 is 2.31 bits per heavy atom. The smallest absolute Gasteiger partial charge is 0.317 e. The number of carbonyl (C=O) groups is 1. The zero-order valence-corrected chi connectivity index (χ0v) is 9.50. The number of hydrogen-bond acceptors (Lipinski definition) is 2. The zero-order valence-electron chi connectivity index (χ0n) is 7.87. The Morgan fingerprint density at radius 2 is 1.92 bits per heavy atom. The molecule has 0 aliphatic carbocycles. The number of likely N-dealkylation sites (tertiary alicyclic amines) is 1. The summed E-state index contributed by atoms with van der Waals surface area (Å²) >= 11 is 0. The molecular formula is C7H17Cl2N3O. The van der Waals surface area contributed by atoms with Crippen LogP contribution in [0.25, 0.3) is 0 Å². The van der Waals surface area contributed by atoms with Crippen LogP contribution in [0.4, 0.5) is 4.79 Å². The van der Waals surface area contributed by atoms with Crippen molar-refractivity contribution < 1.29 is 4.79 Å². The van der Waals surface area contributed by atoms with Crippen LogP contribution in [0, 0.1) is 5.92 Å². The van der Waals surface area contributed by atoms with E-state index in [1.165, 1.54) is 0 Å². The number of hydrogen-bond donors (Lipinski definition) is 2. The molecule has 1 fully saturated rings. The number of nitrogens with one attached hydrogen (secondary N) is 2. The number of amides is 2. The van der Waals surface area contributed by atoms with Gasteiger partial charge in [0.15, 0.2) is 0 Å². The lowest BCUT2D eigenvalue weighted by Crippen LogP contribution is -2.55. The minimum Gasteiger partial charge on any atom is -0.341 e. The third kappa shape index (κ3) is 4.02. The first-order chi connectivity index (χ1) is 5.27. The molecule has 80 valence electrons. The van der Waals surface area contributed by atoms with Crippen LogP contribution < -0.4 is 10.6 Å². The summed E-state index contributed by atoms with van der Waals surface area (Å²) in [4.78, 5) is 12.7. The van der Waals surface area contributed by atoms with Gasteiger partial charge in [0.1, 0.15) is 0 Å². The molecule has 2 amide bonds. The molecule has 6 heteroatoms. The molecule has 0 saturated carbocycles. The van der Waals surface area contributed by atoms with E-state index in [2.05, 4.69) is 10.6 Å². The number of rotatable bonds is 2. The maximum absolute atomic E-state index is 10.9. The van der Waals surface area contributed by atoms with E-state index in [0.29, 0.717) is 5.92 Å². The Bertz CT molecular complexity index is 151. The predicted octanol–water partition coefficient (Wildman–Crippen LogP) is 0.321. The summed E-state index contributed by atoms with van der Waals surface area (Å²) in [6, 6.07) is 0.0392. The highest BCUT2D eigenvalue weighted by Gasteiger charge is 2.28. The second-order valence-corrected chi connectivity index (χ2v) is 2.88. The first kappa shape index (κ1) is 15.3. The number of halogens is 2. The molecule has 1 aliphatic heterocycles. The van der Waals surface area contributed by atoms with Crippen molar-refractivity contribution in [3.8, 4) is 0 Å². The molecule has 0 spiro atoms. The van der Waals surface area contributed by atoms with Gasteiger partial charge in [0.25, 0.3) is 0 Å². The summed E-state index contributed by atoms with van der Waals surface area (Å²) < 4.78 is 0. The third-order valence-electron chi connectivity index (χ3n) is 1.95. The Kier molecular flexibility index (Phi) is 8.51. The summed E-state index contributed by atoms with van der Waals surface area (Å²) in [5.74, 6) is 0.650. The van der Waals surface area contributed by atoms with Crippen molar-refractivity contribution >= 4 is 30.8 Å². The van der Waals surface area contributed by atoms with Crippen molar-refractivity contribution in [1.82, 2.24) is 15.5 Å². The van der Waals surface area contributed by atoms with Crippen LogP contribution in [0.15, 0.2) is 0 Å². The predicted molar refractivity (Wildman–Crippen MR) is 57.9 cm³/mol. The summed E-state index contributed by atoms with van der Waals surface area (Å²) in [6.07, 6.45) is 0. The average Bonchev–Trinajstić information content (AvgIpc) is 1.94. The summed E-state index contributed by atoms with van der Waals surface area (Å²) in [7, 11) is 3.59. The van der Waals surface area contributed by atoms with Crippen molar-refractivity contribution in [2.45, 2.75) is 0 Å². The molecule has 13 heavy (non-hydrogen) atoms. The molecule has 1 rings (SSSR count). The molecule has 0 aromatic carbocycles. The van der Waals surface area contributed by atoms with Crippen LogP contribution in [0.3, 0.4) is 0 Å². The molecule has 0 radical (unpaired) electrons. The second kappa shape index (κ2) is 7.24. The summed E-state index contributed by atoms with van der Waals surface area (Å²) in [6.45, 7) is 2.79. The highest BCUT2D eigenvalue weighted by Crippen LogP contribution is 2.13. The van der Waals surface area contributed by atoms with Gasteiger partial charge in [0.05, 0.1) is 0 Å². The van der Waals surface area contributed by atoms with E-state index in [-0.39, 0.29) is 30.8 Å². The van der Waals surface area contributed by atoms with Crippen molar-refractivity contribution in [3.63, 3.8) is 0 Å². The summed E-state index contributed by atoms with van der Waals surface area (Å²) in [5.41, 5.74) is 0. The van der Waals surface area contributed by atoms with E-state index >= 15 is 0 Å². The monoisotopic (exact) mass is 229 g/mol. The van der Waals surface area contributed by atoms with Crippen LogP contribution >= 0.6 is 24.8 Å². The maximum Gasteiger partial charge on any atom is 0.317 e. The van der Waals surface area contributed by atoms with Gasteiger partial charge in [0, 0.05) is 32.6 Å². The van der Waals surface area contributed by atoms with E-state index in [0.717, 1.165) is 19.6 Å². The van der Waals surface area contributed by atoms with E-state index in [1.807, 2.05) is 11.9 Å². The number of urea groups is 1. The molecule has 0 atom stereocenters. The largest absolute Gasteiger partial charge is 0.341 e. The minimum atomic E-state index is 0. The lowest BCUT2D eigenvalue weighted by Gasteiger charge is -2.38. The van der Waals surface area contributed by atoms with Crippen LogP contribution in [0.1, 0.15) is 0 Å². The molecule has 1 heterocycles. The molecular weight excluding hydrogens is 213 g/mol. The Morgan fingerprint density at radius 1 is 1.38 bits per heavy atom. The molecule has 1 aliphatic rings. The molecule has 2 N–H and O–H groups in total. The zero-order chi connectivity index (χ0) is 8.27. The molecule has 0 bridgehead atoms. The van der Waals surface area contributed by atoms with Gasteiger partial charge < -0.3 is 15.5 Å². The Balaban J connectivity index is 0. The quantitative estimate of drug-likeness (QED) is 0.717. The Hall–Kier alpha value is -0.190. The average molecular weight is 230 g/mol. The lowest BCUT2D eigenvalue weighted by molar-refractivity contribution is 0.122. The van der Waals surface area contributed by atoms with Gasteiger partial charge >= 0.3 is 6.03 Å². The van der Waals surface area contributed by atoms with Crippen LogP contribution in [-0.4, -0.2) is 44.7 Å². The van der Waals surface area contributed by atoms with Gasteiger partial charge in [-0.05, 0) is 7.05 Å². The van der Waals surface area contributed by atoms with Gasteiger partial charge in [-0.1, -0.05) is 0 Å². The van der Waals surface area contributed by atoms with E-state index in [1.54, 1.807) is 7.05 Å². The molecule has 0 unspecified atom stereocenters. The van der Waals surface area contributed by atoms with Gasteiger partial charge in [-0.15, -0.1) is 24.8 Å². The molecule has 4 nitrogen and oxygen atoms in total. The standard InChI is InChI=1S/C7H15N3O.2ClH/c1-8-3-6-4-10(5-6)7(11)9-2;;/h6,8H,3-5H2,1-2H3,(H,9,11);2*1H. The van der Waals surface area contributed by atoms with Crippen molar-refractivity contribution in [2.75, 3.05) is 33.7 Å². The second-order valence-electron chi connectivity index (χ2n) is 2.88. The summed E-state index contributed by atoms with van der Waals surface area (Å²) in [5, 5.41) is 5.68. The normalized spacial score (nSPS) is 15.1. The lowest BCUT2D eigenvalue weighted by atomic mass is 10.0. The molecule has 0 aromatic rings. The first-order valence-corrected chi connectivity index (χ1v) is 3.89. The topological polar surface area (TPSA) is 44.4 Å². The number of nitrogens with zero attached hydrogens (tertiary/aromatic N) is 1. The number of carbonyl (C=O) groups excluding carboxylic acids is 1. The first-order valence-electron chi connectivity index (χ1n) is 3.89. The highest BCUT2D eigenvalue weighted by atomic mass is 35.5. The van der Waals surface area contributed by atoms with Crippen LogP contribution in [-0.2, 0) is 0 Å². The van der Waals surface area contributed by atoms with Crippen LogP contribution in [0.2, 0.25) is 0 Å². The van der Waals surface area contributed by atoms with Gasteiger partial charge in [-0.3, -0.25) is 0 Å². The fourth-order valence-corrected chi connectivity index (χ4v) is 1.31.